The molecule has 0 spiro atoms. The minimum absolute atomic E-state index is 0.124. The van der Waals surface area contributed by atoms with Gasteiger partial charge in [0.25, 0.3) is 5.91 Å². The van der Waals surface area contributed by atoms with Crippen LogP contribution < -0.4 is 10.6 Å². The Morgan fingerprint density at radius 1 is 1.00 bits per heavy atom. The van der Waals surface area contributed by atoms with Gasteiger partial charge < -0.3 is 20.8 Å². The van der Waals surface area contributed by atoms with Crippen molar-refractivity contribution in [2.75, 3.05) is 10.6 Å². The SMILES string of the molecule is CC(=N)c1c(Nc2ccccc2)ncc(C(=O)Nc2ccc(C(=O)OC(C)(C)C)cc2)c1Cl. The molecule has 3 aromatic rings. The largest absolute Gasteiger partial charge is 0.456 e. The van der Waals surface area contributed by atoms with Crippen molar-refractivity contribution in [2.24, 2.45) is 0 Å². The van der Waals surface area contributed by atoms with Crippen LogP contribution in [0, 0.1) is 5.41 Å². The van der Waals surface area contributed by atoms with E-state index < -0.39 is 17.5 Å². The second-order valence-corrected chi connectivity index (χ2v) is 8.74. The molecule has 0 fully saturated rings. The molecule has 7 nitrogen and oxygen atoms in total. The number of carbonyl (C=O) groups excluding carboxylic acids is 2. The lowest BCUT2D eigenvalue weighted by molar-refractivity contribution is 0.00695. The maximum Gasteiger partial charge on any atom is 0.338 e. The number of amides is 1. The standard InChI is InChI=1S/C25H25ClN4O3/c1-15(27)20-21(26)19(14-28-22(20)29-17-8-6-5-7-9-17)23(31)30-18-12-10-16(11-13-18)24(32)33-25(2,3)4/h5-14,27H,1-4H3,(H,28,29)(H,30,31). The predicted octanol–water partition coefficient (Wildman–Crippen LogP) is 6.07. The molecule has 3 rings (SSSR count). The van der Waals surface area contributed by atoms with Gasteiger partial charge in [-0.05, 0) is 64.1 Å². The molecule has 0 aliphatic carbocycles. The molecule has 0 bridgehead atoms. The van der Waals surface area contributed by atoms with E-state index in [9.17, 15) is 9.59 Å². The Morgan fingerprint density at radius 3 is 2.21 bits per heavy atom. The summed E-state index contributed by atoms with van der Waals surface area (Å²) in [5.74, 6) is -0.538. The van der Waals surface area contributed by atoms with E-state index in [0.29, 0.717) is 22.6 Å². The van der Waals surface area contributed by atoms with E-state index in [1.165, 1.54) is 6.20 Å². The molecule has 1 heterocycles. The fourth-order valence-electron chi connectivity index (χ4n) is 2.97. The minimum Gasteiger partial charge on any atom is -0.456 e. The summed E-state index contributed by atoms with van der Waals surface area (Å²) < 4.78 is 5.34. The highest BCUT2D eigenvalue weighted by Crippen LogP contribution is 2.29. The number of ether oxygens (including phenoxy) is 1. The highest BCUT2D eigenvalue weighted by molar-refractivity contribution is 6.38. The molecule has 2 aromatic carbocycles. The van der Waals surface area contributed by atoms with Crippen LogP contribution >= 0.6 is 11.6 Å². The second-order valence-electron chi connectivity index (χ2n) is 8.36. The number of nitrogens with zero attached hydrogens (tertiary/aromatic N) is 1. The number of aromatic nitrogens is 1. The maximum absolute atomic E-state index is 12.9. The first-order chi connectivity index (χ1) is 15.5. The fraction of sp³-hybridized carbons (Fsp3) is 0.200. The predicted molar refractivity (Wildman–Crippen MR) is 131 cm³/mol. The van der Waals surface area contributed by atoms with Crippen LogP contribution in [-0.2, 0) is 4.74 Å². The monoisotopic (exact) mass is 464 g/mol. The number of rotatable bonds is 6. The zero-order valence-electron chi connectivity index (χ0n) is 18.8. The Morgan fingerprint density at radius 2 is 1.64 bits per heavy atom. The Bertz CT molecular complexity index is 1190. The molecule has 0 unspecified atom stereocenters. The average molecular weight is 465 g/mol. The number of para-hydroxylation sites is 1. The number of hydrogen-bond donors (Lipinski definition) is 3. The van der Waals surface area contributed by atoms with Crippen molar-refractivity contribution in [3.05, 3.63) is 82.5 Å². The van der Waals surface area contributed by atoms with Gasteiger partial charge in [0.15, 0.2) is 0 Å². The minimum atomic E-state index is -0.597. The van der Waals surface area contributed by atoms with E-state index in [4.69, 9.17) is 21.7 Å². The van der Waals surface area contributed by atoms with E-state index in [0.717, 1.165) is 5.69 Å². The van der Waals surface area contributed by atoms with Crippen molar-refractivity contribution in [3.8, 4) is 0 Å². The number of halogens is 1. The third-order valence-corrected chi connectivity index (χ3v) is 4.84. The highest BCUT2D eigenvalue weighted by atomic mass is 35.5. The van der Waals surface area contributed by atoms with Crippen LogP contribution in [0.1, 0.15) is 54.0 Å². The normalized spacial score (nSPS) is 10.9. The molecule has 3 N–H and O–H groups in total. The van der Waals surface area contributed by atoms with Gasteiger partial charge in [0.2, 0.25) is 0 Å². The van der Waals surface area contributed by atoms with Gasteiger partial charge in [-0.1, -0.05) is 29.8 Å². The summed E-state index contributed by atoms with van der Waals surface area (Å²) in [4.78, 5) is 29.4. The van der Waals surface area contributed by atoms with Crippen molar-refractivity contribution >= 4 is 46.4 Å². The van der Waals surface area contributed by atoms with Gasteiger partial charge in [-0.2, -0.15) is 0 Å². The van der Waals surface area contributed by atoms with Crippen LogP contribution in [0.2, 0.25) is 5.02 Å². The van der Waals surface area contributed by atoms with Gasteiger partial charge in [0, 0.05) is 23.3 Å². The van der Waals surface area contributed by atoms with Crippen molar-refractivity contribution in [1.82, 2.24) is 4.98 Å². The summed E-state index contributed by atoms with van der Waals surface area (Å²) in [6, 6.07) is 15.7. The summed E-state index contributed by atoms with van der Waals surface area (Å²) in [5, 5.41) is 14.1. The lowest BCUT2D eigenvalue weighted by Gasteiger charge is -2.19. The van der Waals surface area contributed by atoms with E-state index in [2.05, 4.69) is 15.6 Å². The number of benzene rings is 2. The molecule has 0 saturated carbocycles. The number of anilines is 3. The molecule has 33 heavy (non-hydrogen) atoms. The van der Waals surface area contributed by atoms with Gasteiger partial charge in [0.05, 0.1) is 21.7 Å². The Labute approximate surface area is 197 Å². The zero-order chi connectivity index (χ0) is 24.2. The van der Waals surface area contributed by atoms with E-state index >= 15 is 0 Å². The zero-order valence-corrected chi connectivity index (χ0v) is 19.6. The molecular formula is C25H25ClN4O3. The second kappa shape index (κ2) is 9.83. The third kappa shape index (κ3) is 6.17. The molecular weight excluding hydrogens is 440 g/mol. The van der Waals surface area contributed by atoms with Gasteiger partial charge in [-0.15, -0.1) is 0 Å². The fourth-order valence-corrected chi connectivity index (χ4v) is 3.33. The van der Waals surface area contributed by atoms with Crippen LogP contribution in [0.5, 0.6) is 0 Å². The Balaban J connectivity index is 1.80. The van der Waals surface area contributed by atoms with Gasteiger partial charge in [-0.3, -0.25) is 4.79 Å². The van der Waals surface area contributed by atoms with Gasteiger partial charge >= 0.3 is 5.97 Å². The van der Waals surface area contributed by atoms with Crippen LogP contribution in [-0.4, -0.2) is 28.2 Å². The number of esters is 1. The average Bonchev–Trinajstić information content (AvgIpc) is 2.73. The third-order valence-electron chi connectivity index (χ3n) is 4.45. The topological polar surface area (TPSA) is 104 Å². The molecule has 170 valence electrons. The summed E-state index contributed by atoms with van der Waals surface area (Å²) in [6.07, 6.45) is 1.37. The van der Waals surface area contributed by atoms with Crippen molar-refractivity contribution in [3.63, 3.8) is 0 Å². The summed E-state index contributed by atoms with van der Waals surface area (Å²) in [5.41, 5.74) is 1.68. The van der Waals surface area contributed by atoms with Crippen LogP contribution in [0.4, 0.5) is 17.2 Å². The quantitative estimate of drug-likeness (QED) is 0.303. The molecule has 0 aliphatic rings. The molecule has 0 aliphatic heterocycles. The summed E-state index contributed by atoms with van der Waals surface area (Å²) >= 11 is 6.52. The van der Waals surface area contributed by atoms with Crippen molar-refractivity contribution in [2.45, 2.75) is 33.3 Å². The van der Waals surface area contributed by atoms with E-state index in [-0.39, 0.29) is 16.3 Å². The summed E-state index contributed by atoms with van der Waals surface area (Å²) in [7, 11) is 0. The van der Waals surface area contributed by atoms with E-state index in [1.807, 2.05) is 30.3 Å². The molecule has 1 amide bonds. The van der Waals surface area contributed by atoms with Crippen molar-refractivity contribution in [1.29, 1.82) is 5.41 Å². The highest BCUT2D eigenvalue weighted by Gasteiger charge is 2.21. The lowest BCUT2D eigenvalue weighted by Crippen LogP contribution is -2.23. The van der Waals surface area contributed by atoms with Crippen molar-refractivity contribution < 1.29 is 14.3 Å². The van der Waals surface area contributed by atoms with Crippen LogP contribution in [0.25, 0.3) is 0 Å². The maximum atomic E-state index is 12.9. The Kier molecular flexibility index (Phi) is 7.13. The van der Waals surface area contributed by atoms with Gasteiger partial charge in [-0.25, -0.2) is 9.78 Å². The number of carbonyl (C=O) groups is 2. The smallest absolute Gasteiger partial charge is 0.338 e. The Hall–Kier alpha value is -3.71. The number of nitrogens with one attached hydrogen (secondary N) is 3. The van der Waals surface area contributed by atoms with E-state index in [1.54, 1.807) is 52.0 Å². The molecule has 0 saturated heterocycles. The lowest BCUT2D eigenvalue weighted by atomic mass is 10.1. The summed E-state index contributed by atoms with van der Waals surface area (Å²) in [6.45, 7) is 6.96. The molecule has 0 atom stereocenters. The first-order valence-corrected chi connectivity index (χ1v) is 10.6. The molecule has 1 aromatic heterocycles. The van der Waals surface area contributed by atoms with Gasteiger partial charge in [0.1, 0.15) is 11.4 Å². The van der Waals surface area contributed by atoms with Crippen LogP contribution in [0.15, 0.2) is 60.8 Å². The molecule has 0 radical (unpaired) electrons. The number of pyridine rings is 1. The molecule has 8 heteroatoms. The van der Waals surface area contributed by atoms with Crippen LogP contribution in [0.3, 0.4) is 0 Å². The first-order valence-electron chi connectivity index (χ1n) is 10.3. The first kappa shape index (κ1) is 23.9. The number of hydrogen-bond acceptors (Lipinski definition) is 6.